The van der Waals surface area contributed by atoms with Gasteiger partial charge in [0.2, 0.25) is 0 Å². The largest absolute Gasteiger partial charge is 0.385 e. The first kappa shape index (κ1) is 12.7. The summed E-state index contributed by atoms with van der Waals surface area (Å²) in [6, 6.07) is 0. The van der Waals surface area contributed by atoms with Gasteiger partial charge in [-0.2, -0.15) is 0 Å². The molecule has 15 heavy (non-hydrogen) atoms. The van der Waals surface area contributed by atoms with Gasteiger partial charge in [0.05, 0.1) is 0 Å². The summed E-state index contributed by atoms with van der Waals surface area (Å²) in [5.74, 6) is 1.41. The molecule has 0 saturated heterocycles. The highest BCUT2D eigenvalue weighted by atomic mass is 16.3. The Morgan fingerprint density at radius 1 is 1.47 bits per heavy atom. The van der Waals surface area contributed by atoms with E-state index >= 15 is 0 Å². The first-order valence-electron chi connectivity index (χ1n) is 5.89. The Bertz CT molecular complexity index is 208. The molecule has 0 amide bonds. The zero-order valence-electron chi connectivity index (χ0n) is 9.78. The maximum absolute atomic E-state index is 10.7. The lowest BCUT2D eigenvalue weighted by molar-refractivity contribution is -0.123. The molecule has 3 N–H and O–H groups in total. The van der Waals surface area contributed by atoms with E-state index in [1.54, 1.807) is 0 Å². The fourth-order valence-electron chi connectivity index (χ4n) is 2.65. The molecule has 0 aromatic rings. The van der Waals surface area contributed by atoms with Crippen molar-refractivity contribution in [2.45, 2.75) is 45.6 Å². The van der Waals surface area contributed by atoms with Crippen LogP contribution in [0, 0.1) is 17.3 Å². The Hall–Kier alpha value is -0.410. The Morgan fingerprint density at radius 3 is 2.33 bits per heavy atom. The van der Waals surface area contributed by atoms with Crippen LogP contribution in [-0.2, 0) is 4.79 Å². The molecule has 1 saturated carbocycles. The summed E-state index contributed by atoms with van der Waals surface area (Å²) in [6.45, 7) is 4.88. The number of hydrogen-bond donors (Lipinski definition) is 2. The molecule has 1 fully saturated rings. The minimum Gasteiger partial charge on any atom is -0.385 e. The predicted molar refractivity (Wildman–Crippen MR) is 60.4 cm³/mol. The molecule has 0 spiro atoms. The van der Waals surface area contributed by atoms with Gasteiger partial charge in [-0.15, -0.1) is 0 Å². The SMILES string of the molecule is CC(C)C1CCC(CN)(C(O)C=O)CC1. The van der Waals surface area contributed by atoms with Crippen molar-refractivity contribution in [1.82, 2.24) is 0 Å². The Balaban J connectivity index is 2.62. The van der Waals surface area contributed by atoms with Crippen LogP contribution < -0.4 is 5.73 Å². The molecular weight excluding hydrogens is 190 g/mol. The van der Waals surface area contributed by atoms with Crippen molar-refractivity contribution in [2.24, 2.45) is 23.0 Å². The first-order chi connectivity index (χ1) is 7.05. The van der Waals surface area contributed by atoms with Crippen molar-refractivity contribution in [1.29, 1.82) is 0 Å². The van der Waals surface area contributed by atoms with E-state index in [4.69, 9.17) is 5.73 Å². The number of nitrogens with two attached hydrogens (primary N) is 1. The summed E-state index contributed by atoms with van der Waals surface area (Å²) in [5.41, 5.74) is 5.38. The maximum atomic E-state index is 10.7. The number of aliphatic hydroxyl groups excluding tert-OH is 1. The van der Waals surface area contributed by atoms with Crippen LogP contribution >= 0.6 is 0 Å². The number of carbonyl (C=O) groups excluding carboxylic acids is 1. The highest BCUT2D eigenvalue weighted by Crippen LogP contribution is 2.42. The standard InChI is InChI=1S/C12H23NO2/c1-9(2)10-3-5-12(8-13,6-4-10)11(15)7-14/h7,9-11,15H,3-6,8,13H2,1-2H3. The molecule has 1 rings (SSSR count). The molecular formula is C12H23NO2. The zero-order chi connectivity index (χ0) is 11.5. The predicted octanol–water partition coefficient (Wildman–Crippen LogP) is 1.34. The van der Waals surface area contributed by atoms with Crippen molar-refractivity contribution < 1.29 is 9.90 Å². The summed E-state index contributed by atoms with van der Waals surface area (Å²) < 4.78 is 0. The third-order valence-corrected chi connectivity index (χ3v) is 4.13. The number of rotatable bonds is 4. The molecule has 88 valence electrons. The van der Waals surface area contributed by atoms with Gasteiger partial charge in [0.15, 0.2) is 0 Å². The van der Waals surface area contributed by atoms with E-state index in [-0.39, 0.29) is 5.41 Å². The first-order valence-corrected chi connectivity index (χ1v) is 5.89. The lowest BCUT2D eigenvalue weighted by Gasteiger charge is -2.42. The molecule has 3 nitrogen and oxygen atoms in total. The van der Waals surface area contributed by atoms with Crippen LogP contribution in [0.25, 0.3) is 0 Å². The van der Waals surface area contributed by atoms with Gasteiger partial charge in [-0.05, 0) is 37.5 Å². The van der Waals surface area contributed by atoms with Crippen LogP contribution in [0.15, 0.2) is 0 Å². The van der Waals surface area contributed by atoms with Gasteiger partial charge in [-0.3, -0.25) is 0 Å². The van der Waals surface area contributed by atoms with Crippen molar-refractivity contribution in [3.63, 3.8) is 0 Å². The second-order valence-electron chi connectivity index (χ2n) is 5.23. The van der Waals surface area contributed by atoms with Crippen LogP contribution in [0.4, 0.5) is 0 Å². The lowest BCUT2D eigenvalue weighted by atomic mass is 9.65. The van der Waals surface area contributed by atoms with Crippen LogP contribution in [0.2, 0.25) is 0 Å². The second kappa shape index (κ2) is 5.08. The molecule has 0 aromatic carbocycles. The quantitative estimate of drug-likeness (QED) is 0.693. The number of aldehydes is 1. The van der Waals surface area contributed by atoms with Gasteiger partial charge >= 0.3 is 0 Å². The minimum atomic E-state index is -0.879. The molecule has 0 aliphatic heterocycles. The third kappa shape index (κ3) is 2.58. The highest BCUT2D eigenvalue weighted by molar-refractivity contribution is 5.57. The summed E-state index contributed by atoms with van der Waals surface area (Å²) in [6.07, 6.45) is 3.69. The summed E-state index contributed by atoms with van der Waals surface area (Å²) >= 11 is 0. The van der Waals surface area contributed by atoms with Gasteiger partial charge < -0.3 is 15.6 Å². The fraction of sp³-hybridized carbons (Fsp3) is 0.917. The van der Waals surface area contributed by atoms with E-state index in [0.29, 0.717) is 18.7 Å². The van der Waals surface area contributed by atoms with Gasteiger partial charge in [-0.1, -0.05) is 13.8 Å². The molecule has 1 aliphatic carbocycles. The normalized spacial score (nSPS) is 34.1. The average molecular weight is 213 g/mol. The Kier molecular flexibility index (Phi) is 4.29. The number of carbonyl (C=O) groups is 1. The molecule has 3 heteroatoms. The molecule has 0 heterocycles. The van der Waals surface area contributed by atoms with Crippen molar-refractivity contribution >= 4 is 6.29 Å². The van der Waals surface area contributed by atoms with E-state index in [9.17, 15) is 9.90 Å². The van der Waals surface area contributed by atoms with Crippen LogP contribution in [0.3, 0.4) is 0 Å². The lowest BCUT2D eigenvalue weighted by Crippen LogP contribution is -2.45. The van der Waals surface area contributed by atoms with Gasteiger partial charge in [0.25, 0.3) is 0 Å². The fourth-order valence-corrected chi connectivity index (χ4v) is 2.65. The van der Waals surface area contributed by atoms with E-state index in [1.807, 2.05) is 0 Å². The molecule has 0 bridgehead atoms. The summed E-state index contributed by atoms with van der Waals surface area (Å²) in [5, 5.41) is 9.71. The Morgan fingerprint density at radius 2 is 2.00 bits per heavy atom. The van der Waals surface area contributed by atoms with Gasteiger partial charge in [-0.25, -0.2) is 0 Å². The van der Waals surface area contributed by atoms with E-state index in [0.717, 1.165) is 31.6 Å². The second-order valence-corrected chi connectivity index (χ2v) is 5.23. The molecule has 1 aliphatic rings. The number of aliphatic hydroxyl groups is 1. The highest BCUT2D eigenvalue weighted by Gasteiger charge is 2.40. The zero-order valence-corrected chi connectivity index (χ0v) is 9.78. The van der Waals surface area contributed by atoms with Gasteiger partial charge in [0, 0.05) is 12.0 Å². The van der Waals surface area contributed by atoms with Crippen molar-refractivity contribution in [2.75, 3.05) is 6.54 Å². The van der Waals surface area contributed by atoms with E-state index in [2.05, 4.69) is 13.8 Å². The van der Waals surface area contributed by atoms with E-state index in [1.165, 1.54) is 0 Å². The van der Waals surface area contributed by atoms with E-state index < -0.39 is 6.10 Å². The van der Waals surface area contributed by atoms with Crippen molar-refractivity contribution in [3.05, 3.63) is 0 Å². The monoisotopic (exact) mass is 213 g/mol. The van der Waals surface area contributed by atoms with Crippen molar-refractivity contribution in [3.8, 4) is 0 Å². The minimum absolute atomic E-state index is 0.340. The van der Waals surface area contributed by atoms with Crippen LogP contribution in [-0.4, -0.2) is 24.0 Å². The maximum Gasteiger partial charge on any atom is 0.149 e. The smallest absolute Gasteiger partial charge is 0.149 e. The average Bonchev–Trinajstić information content (AvgIpc) is 2.27. The summed E-state index contributed by atoms with van der Waals surface area (Å²) in [4.78, 5) is 10.7. The third-order valence-electron chi connectivity index (χ3n) is 4.13. The van der Waals surface area contributed by atoms with Crippen LogP contribution in [0.5, 0.6) is 0 Å². The molecule has 0 radical (unpaired) electrons. The molecule has 1 atom stereocenters. The molecule has 1 unspecified atom stereocenters. The van der Waals surface area contributed by atoms with Crippen LogP contribution in [0.1, 0.15) is 39.5 Å². The topological polar surface area (TPSA) is 63.3 Å². The Labute approximate surface area is 92.0 Å². The summed E-state index contributed by atoms with van der Waals surface area (Å²) in [7, 11) is 0. The van der Waals surface area contributed by atoms with Gasteiger partial charge in [0.1, 0.15) is 12.4 Å². The number of hydrogen-bond acceptors (Lipinski definition) is 3. The molecule has 0 aromatic heterocycles.